The third-order valence-corrected chi connectivity index (χ3v) is 4.28. The zero-order valence-electron chi connectivity index (χ0n) is 12.2. The van der Waals surface area contributed by atoms with E-state index in [-0.39, 0.29) is 12.5 Å². The third-order valence-electron chi connectivity index (χ3n) is 4.28. The summed E-state index contributed by atoms with van der Waals surface area (Å²) in [7, 11) is 0. The lowest BCUT2D eigenvalue weighted by Gasteiger charge is -2.26. The zero-order chi connectivity index (χ0) is 14.3. The minimum Gasteiger partial charge on any atom is -0.314 e. The summed E-state index contributed by atoms with van der Waals surface area (Å²) in [6.45, 7) is 5.25. The fraction of sp³-hybridized carbons (Fsp3) is 1.00. The summed E-state index contributed by atoms with van der Waals surface area (Å²) in [5.41, 5.74) is 0. The van der Waals surface area contributed by atoms with Crippen molar-refractivity contribution in [1.82, 2.24) is 5.32 Å². The molecule has 1 N–H and O–H groups in total. The Morgan fingerprint density at radius 3 is 2.37 bits per heavy atom. The van der Waals surface area contributed by atoms with E-state index in [2.05, 4.69) is 12.2 Å². The van der Waals surface area contributed by atoms with Crippen molar-refractivity contribution in [2.24, 2.45) is 11.8 Å². The quantitative estimate of drug-likeness (QED) is 0.698. The Hall–Kier alpha value is -0.250. The molecule has 1 aliphatic rings. The van der Waals surface area contributed by atoms with Gasteiger partial charge in [-0.2, -0.15) is 13.2 Å². The molecule has 0 aliphatic heterocycles. The summed E-state index contributed by atoms with van der Waals surface area (Å²) in [6.07, 6.45) is 2.70. The van der Waals surface area contributed by atoms with E-state index in [4.69, 9.17) is 0 Å². The van der Waals surface area contributed by atoms with Gasteiger partial charge in [0.1, 0.15) is 0 Å². The summed E-state index contributed by atoms with van der Waals surface area (Å²) in [5.74, 6) is 1.71. The number of rotatable bonds is 7. The van der Waals surface area contributed by atoms with Crippen LogP contribution in [0, 0.1) is 11.8 Å². The van der Waals surface area contributed by atoms with Gasteiger partial charge in [0.25, 0.3) is 0 Å². The number of hydrogen-bond acceptors (Lipinski definition) is 1. The average Bonchev–Trinajstić information content (AvgIpc) is 2.30. The van der Waals surface area contributed by atoms with Gasteiger partial charge >= 0.3 is 6.18 Å². The second-order valence-electron chi connectivity index (χ2n) is 6.28. The molecule has 1 fully saturated rings. The molecule has 0 bridgehead atoms. The standard InChI is InChI=1S/C15H28F3N/c1-12-5-7-14(8-6-12)9-11-19-13(2)4-3-10-15(16,17)18/h12-14,19H,3-11H2,1-2H3. The largest absolute Gasteiger partial charge is 0.389 e. The number of nitrogens with one attached hydrogen (secondary N) is 1. The number of halogens is 3. The van der Waals surface area contributed by atoms with Crippen molar-refractivity contribution in [3.63, 3.8) is 0 Å². The van der Waals surface area contributed by atoms with Gasteiger partial charge in [-0.05, 0) is 44.6 Å². The van der Waals surface area contributed by atoms with Gasteiger partial charge in [0.15, 0.2) is 0 Å². The zero-order valence-corrected chi connectivity index (χ0v) is 12.2. The van der Waals surface area contributed by atoms with Crippen molar-refractivity contribution >= 4 is 0 Å². The van der Waals surface area contributed by atoms with Gasteiger partial charge in [0, 0.05) is 12.5 Å². The summed E-state index contributed by atoms with van der Waals surface area (Å²) in [5, 5.41) is 3.36. The van der Waals surface area contributed by atoms with Gasteiger partial charge in [-0.1, -0.05) is 32.6 Å². The van der Waals surface area contributed by atoms with Crippen LogP contribution in [0.15, 0.2) is 0 Å². The molecule has 1 rings (SSSR count). The van der Waals surface area contributed by atoms with E-state index in [1.807, 2.05) is 6.92 Å². The lowest BCUT2D eigenvalue weighted by Crippen LogP contribution is -2.29. The molecule has 0 heterocycles. The topological polar surface area (TPSA) is 12.0 Å². The van der Waals surface area contributed by atoms with Crippen LogP contribution >= 0.6 is 0 Å². The van der Waals surface area contributed by atoms with Crippen LogP contribution in [0.5, 0.6) is 0 Å². The molecule has 0 radical (unpaired) electrons. The molecule has 0 aromatic carbocycles. The molecule has 4 heteroatoms. The smallest absolute Gasteiger partial charge is 0.314 e. The fourth-order valence-corrected chi connectivity index (χ4v) is 2.86. The van der Waals surface area contributed by atoms with Crippen molar-refractivity contribution in [2.45, 2.75) is 77.4 Å². The van der Waals surface area contributed by atoms with Gasteiger partial charge in [0.2, 0.25) is 0 Å². The first-order valence-electron chi connectivity index (χ1n) is 7.67. The van der Waals surface area contributed by atoms with Crippen molar-refractivity contribution in [2.75, 3.05) is 6.54 Å². The molecule has 0 aromatic rings. The van der Waals surface area contributed by atoms with Gasteiger partial charge in [-0.25, -0.2) is 0 Å². The van der Waals surface area contributed by atoms with Crippen LogP contribution in [0.2, 0.25) is 0 Å². The van der Waals surface area contributed by atoms with Crippen molar-refractivity contribution < 1.29 is 13.2 Å². The molecule has 1 nitrogen and oxygen atoms in total. The molecule has 0 amide bonds. The van der Waals surface area contributed by atoms with Crippen molar-refractivity contribution in [3.8, 4) is 0 Å². The molecule has 19 heavy (non-hydrogen) atoms. The van der Waals surface area contributed by atoms with E-state index in [1.54, 1.807) is 0 Å². The van der Waals surface area contributed by atoms with E-state index in [0.29, 0.717) is 6.42 Å². The van der Waals surface area contributed by atoms with Crippen LogP contribution in [0.4, 0.5) is 13.2 Å². The normalized spacial score (nSPS) is 26.4. The van der Waals surface area contributed by atoms with Crippen molar-refractivity contribution in [3.05, 3.63) is 0 Å². The Morgan fingerprint density at radius 1 is 1.16 bits per heavy atom. The lowest BCUT2D eigenvalue weighted by molar-refractivity contribution is -0.135. The highest BCUT2D eigenvalue weighted by Gasteiger charge is 2.26. The van der Waals surface area contributed by atoms with Gasteiger partial charge in [-0.3, -0.25) is 0 Å². The fourth-order valence-electron chi connectivity index (χ4n) is 2.86. The highest BCUT2D eigenvalue weighted by molar-refractivity contribution is 4.71. The minimum absolute atomic E-state index is 0.199. The maximum Gasteiger partial charge on any atom is 0.389 e. The van der Waals surface area contributed by atoms with E-state index in [0.717, 1.165) is 18.4 Å². The monoisotopic (exact) mass is 279 g/mol. The molecular weight excluding hydrogens is 251 g/mol. The first kappa shape index (κ1) is 16.8. The van der Waals surface area contributed by atoms with Crippen LogP contribution in [0.1, 0.15) is 65.2 Å². The molecule has 1 aliphatic carbocycles. The molecule has 1 unspecified atom stereocenters. The second-order valence-corrected chi connectivity index (χ2v) is 6.28. The highest BCUT2D eigenvalue weighted by atomic mass is 19.4. The summed E-state index contributed by atoms with van der Waals surface area (Å²) >= 11 is 0. The van der Waals surface area contributed by atoms with Crippen LogP contribution in [-0.2, 0) is 0 Å². The Bertz CT molecular complexity index is 232. The maximum absolute atomic E-state index is 12.0. The van der Waals surface area contributed by atoms with E-state index in [1.165, 1.54) is 32.1 Å². The van der Waals surface area contributed by atoms with Crippen LogP contribution < -0.4 is 5.32 Å². The lowest BCUT2D eigenvalue weighted by atomic mass is 9.81. The summed E-state index contributed by atoms with van der Waals surface area (Å²) in [6, 6.07) is 0.199. The third kappa shape index (κ3) is 8.51. The summed E-state index contributed by atoms with van der Waals surface area (Å²) in [4.78, 5) is 0. The van der Waals surface area contributed by atoms with Crippen LogP contribution in [-0.4, -0.2) is 18.8 Å². The Morgan fingerprint density at radius 2 is 1.79 bits per heavy atom. The molecule has 0 aromatic heterocycles. The maximum atomic E-state index is 12.0. The molecule has 0 spiro atoms. The first-order valence-corrected chi connectivity index (χ1v) is 7.67. The molecule has 1 saturated carbocycles. The van der Waals surface area contributed by atoms with Crippen LogP contribution in [0.3, 0.4) is 0 Å². The highest BCUT2D eigenvalue weighted by Crippen LogP contribution is 2.30. The van der Waals surface area contributed by atoms with E-state index in [9.17, 15) is 13.2 Å². The van der Waals surface area contributed by atoms with Crippen LogP contribution in [0.25, 0.3) is 0 Å². The number of alkyl halides is 3. The predicted octanol–water partition coefficient (Wildman–Crippen LogP) is 4.91. The second kappa shape index (κ2) is 8.13. The SMILES string of the molecule is CC1CCC(CCNC(C)CCCC(F)(F)F)CC1. The molecule has 0 saturated heterocycles. The molecule has 1 atom stereocenters. The Labute approximate surface area is 115 Å². The Balaban J connectivity index is 1.99. The minimum atomic E-state index is -4.00. The molecule has 114 valence electrons. The first-order chi connectivity index (χ1) is 8.87. The molecular formula is C15H28F3N. The van der Waals surface area contributed by atoms with E-state index < -0.39 is 12.6 Å². The van der Waals surface area contributed by atoms with Crippen molar-refractivity contribution in [1.29, 1.82) is 0 Å². The Kier molecular flexibility index (Phi) is 7.19. The van der Waals surface area contributed by atoms with Gasteiger partial charge < -0.3 is 5.32 Å². The number of hydrogen-bond donors (Lipinski definition) is 1. The average molecular weight is 279 g/mol. The predicted molar refractivity (Wildman–Crippen MR) is 73.1 cm³/mol. The van der Waals surface area contributed by atoms with E-state index >= 15 is 0 Å². The van der Waals surface area contributed by atoms with Gasteiger partial charge in [0.05, 0.1) is 0 Å². The van der Waals surface area contributed by atoms with Gasteiger partial charge in [-0.15, -0.1) is 0 Å². The summed E-state index contributed by atoms with van der Waals surface area (Å²) < 4.78 is 36.0.